The van der Waals surface area contributed by atoms with Crippen molar-refractivity contribution in [3.63, 3.8) is 0 Å². The van der Waals surface area contributed by atoms with Gasteiger partial charge in [-0.3, -0.25) is 4.90 Å². The molecule has 0 atom stereocenters. The van der Waals surface area contributed by atoms with Gasteiger partial charge in [-0.1, -0.05) is 55.8 Å². The van der Waals surface area contributed by atoms with Gasteiger partial charge in [-0.25, -0.2) is 9.97 Å². The molecule has 0 unspecified atom stereocenters. The van der Waals surface area contributed by atoms with Gasteiger partial charge in [0.2, 0.25) is 0 Å². The molecular formula is C30H39N5. The molecule has 0 spiro atoms. The van der Waals surface area contributed by atoms with Crippen molar-refractivity contribution in [2.45, 2.75) is 78.4 Å². The lowest BCUT2D eigenvalue weighted by Gasteiger charge is -2.36. The predicted molar refractivity (Wildman–Crippen MR) is 146 cm³/mol. The summed E-state index contributed by atoms with van der Waals surface area (Å²) in [5, 5.41) is 1.12. The zero-order chi connectivity index (χ0) is 24.6. The van der Waals surface area contributed by atoms with Gasteiger partial charge in [0, 0.05) is 37.0 Å². The molecule has 5 rings (SSSR count). The number of nitrogen functional groups attached to an aromatic ring is 1. The Bertz CT molecular complexity index is 1310. The molecule has 1 aliphatic carbocycles. The van der Waals surface area contributed by atoms with Crippen LogP contribution >= 0.6 is 0 Å². The molecule has 0 saturated heterocycles. The Kier molecular flexibility index (Phi) is 6.54. The zero-order valence-electron chi connectivity index (χ0n) is 21.7. The third kappa shape index (κ3) is 5.20. The number of nitrogens with zero attached hydrogens (tertiary/aromatic N) is 4. The Morgan fingerprint density at radius 2 is 1.71 bits per heavy atom. The quantitative estimate of drug-likeness (QED) is 0.301. The lowest BCUT2D eigenvalue weighted by Crippen LogP contribution is -2.42. The van der Waals surface area contributed by atoms with Crippen molar-refractivity contribution in [3.05, 3.63) is 65.5 Å². The fourth-order valence-electron chi connectivity index (χ4n) is 4.94. The Balaban J connectivity index is 1.46. The van der Waals surface area contributed by atoms with Crippen molar-refractivity contribution in [1.82, 2.24) is 19.4 Å². The summed E-state index contributed by atoms with van der Waals surface area (Å²) in [5.41, 5.74) is 12.1. The van der Waals surface area contributed by atoms with Crippen LogP contribution in [0, 0.1) is 5.92 Å². The van der Waals surface area contributed by atoms with Crippen LogP contribution in [0.2, 0.25) is 0 Å². The first-order chi connectivity index (χ1) is 16.8. The highest BCUT2D eigenvalue weighted by atomic mass is 15.2. The van der Waals surface area contributed by atoms with Crippen LogP contribution in [0.4, 0.5) is 5.82 Å². The molecule has 1 fully saturated rings. The summed E-state index contributed by atoms with van der Waals surface area (Å²) < 4.78 is 2.37. The Morgan fingerprint density at radius 1 is 1.00 bits per heavy atom. The van der Waals surface area contributed by atoms with Gasteiger partial charge in [0.05, 0.1) is 11.0 Å². The topological polar surface area (TPSA) is 60.0 Å². The molecule has 4 aromatic rings. The highest BCUT2D eigenvalue weighted by Crippen LogP contribution is 2.33. The van der Waals surface area contributed by atoms with Gasteiger partial charge in [0.25, 0.3) is 0 Å². The number of unbranched alkanes of at least 4 members (excludes halogenated alkanes) is 1. The maximum absolute atomic E-state index is 6.38. The first kappa shape index (κ1) is 23.8. The first-order valence-electron chi connectivity index (χ1n) is 13.2. The van der Waals surface area contributed by atoms with Gasteiger partial charge in [-0.15, -0.1) is 0 Å². The number of benzene rings is 2. The van der Waals surface area contributed by atoms with E-state index in [0.717, 1.165) is 66.0 Å². The van der Waals surface area contributed by atoms with Crippen LogP contribution in [0.25, 0.3) is 21.9 Å². The maximum Gasteiger partial charge on any atom is 0.152 e. The highest BCUT2D eigenvalue weighted by Gasteiger charge is 2.29. The number of hydrogen-bond acceptors (Lipinski definition) is 4. The minimum atomic E-state index is 0.181. The van der Waals surface area contributed by atoms with Gasteiger partial charge < -0.3 is 10.3 Å². The summed E-state index contributed by atoms with van der Waals surface area (Å²) in [6.45, 7) is 12.2. The van der Waals surface area contributed by atoms with Crippen LogP contribution in [-0.2, 0) is 19.5 Å². The van der Waals surface area contributed by atoms with Crippen LogP contribution < -0.4 is 5.73 Å². The molecule has 5 heteroatoms. The molecule has 5 nitrogen and oxygen atoms in total. The van der Waals surface area contributed by atoms with Gasteiger partial charge in [-0.05, 0) is 63.1 Å². The van der Waals surface area contributed by atoms with E-state index < -0.39 is 0 Å². The van der Waals surface area contributed by atoms with Crippen molar-refractivity contribution < 1.29 is 0 Å². The summed E-state index contributed by atoms with van der Waals surface area (Å²) in [6.07, 6.45) is 5.96. The number of hydrogen-bond donors (Lipinski definition) is 1. The van der Waals surface area contributed by atoms with E-state index in [1.54, 1.807) is 0 Å². The second-order valence-corrected chi connectivity index (χ2v) is 11.2. The summed E-state index contributed by atoms with van der Waals surface area (Å²) in [5.74, 6) is 2.50. The summed E-state index contributed by atoms with van der Waals surface area (Å²) >= 11 is 0. The van der Waals surface area contributed by atoms with Crippen LogP contribution in [0.5, 0.6) is 0 Å². The molecule has 2 N–H and O–H groups in total. The smallest absolute Gasteiger partial charge is 0.152 e. The summed E-state index contributed by atoms with van der Waals surface area (Å²) in [4.78, 5) is 12.2. The molecule has 1 aliphatic rings. The van der Waals surface area contributed by atoms with Crippen molar-refractivity contribution in [2.24, 2.45) is 5.92 Å². The molecule has 1 saturated carbocycles. The fourth-order valence-corrected chi connectivity index (χ4v) is 4.94. The first-order valence-corrected chi connectivity index (χ1v) is 13.2. The minimum absolute atomic E-state index is 0.181. The van der Waals surface area contributed by atoms with Crippen molar-refractivity contribution in [2.75, 3.05) is 12.3 Å². The zero-order valence-corrected chi connectivity index (χ0v) is 21.7. The van der Waals surface area contributed by atoms with Crippen molar-refractivity contribution in [1.29, 1.82) is 0 Å². The number of nitrogens with two attached hydrogens (primary N) is 1. The molecule has 35 heavy (non-hydrogen) atoms. The van der Waals surface area contributed by atoms with E-state index in [2.05, 4.69) is 78.5 Å². The summed E-state index contributed by atoms with van der Waals surface area (Å²) in [6, 6.07) is 17.4. The lowest BCUT2D eigenvalue weighted by atomic mass is 10.0. The molecule has 0 radical (unpaired) electrons. The Labute approximate surface area is 209 Å². The number of pyridine rings is 1. The molecule has 2 aromatic carbocycles. The van der Waals surface area contributed by atoms with E-state index in [9.17, 15) is 0 Å². The van der Waals surface area contributed by atoms with Crippen LogP contribution in [0.15, 0.2) is 48.5 Å². The number of aryl methyl sites for hydroxylation is 1. The van der Waals surface area contributed by atoms with Gasteiger partial charge in [0.15, 0.2) is 5.82 Å². The van der Waals surface area contributed by atoms with Crippen molar-refractivity contribution >= 4 is 27.8 Å². The van der Waals surface area contributed by atoms with Gasteiger partial charge in [-0.2, -0.15) is 0 Å². The molecule has 0 bridgehead atoms. The van der Waals surface area contributed by atoms with Gasteiger partial charge >= 0.3 is 0 Å². The normalized spacial score (nSPS) is 14.4. The van der Waals surface area contributed by atoms with E-state index in [1.807, 2.05) is 12.1 Å². The van der Waals surface area contributed by atoms with E-state index >= 15 is 0 Å². The molecular weight excluding hydrogens is 430 g/mol. The summed E-state index contributed by atoms with van der Waals surface area (Å²) in [7, 11) is 0. The average molecular weight is 470 g/mol. The molecule has 0 aliphatic heterocycles. The number of imidazole rings is 1. The molecule has 2 aromatic heterocycles. The third-order valence-corrected chi connectivity index (χ3v) is 7.30. The largest absolute Gasteiger partial charge is 0.382 e. The second-order valence-electron chi connectivity index (χ2n) is 11.2. The number of aromatic nitrogens is 3. The van der Waals surface area contributed by atoms with E-state index in [4.69, 9.17) is 10.7 Å². The van der Waals surface area contributed by atoms with Gasteiger partial charge in [0.1, 0.15) is 11.3 Å². The predicted octanol–water partition coefficient (Wildman–Crippen LogP) is 6.57. The van der Waals surface area contributed by atoms with Crippen LogP contribution in [-0.4, -0.2) is 31.5 Å². The number of rotatable bonds is 9. The number of fused-ring (bicyclic) bond motifs is 3. The second kappa shape index (κ2) is 9.62. The Hall–Kier alpha value is -2.92. The molecule has 0 amide bonds. The third-order valence-electron chi connectivity index (χ3n) is 7.30. The van der Waals surface area contributed by atoms with Crippen LogP contribution in [0.1, 0.15) is 70.3 Å². The molecule has 184 valence electrons. The number of anilines is 1. The monoisotopic (exact) mass is 469 g/mol. The SMILES string of the molecule is CCCCc1nc2c(N)nc3ccccc3c2n1Cc1ccc(CN(CC2CC2)C(C)(C)C)cc1. The lowest BCUT2D eigenvalue weighted by molar-refractivity contribution is 0.121. The van der Waals surface area contributed by atoms with E-state index in [1.165, 1.54) is 30.5 Å². The fraction of sp³-hybridized carbons (Fsp3) is 0.467. The average Bonchev–Trinajstić information content (AvgIpc) is 3.58. The Morgan fingerprint density at radius 3 is 2.40 bits per heavy atom. The van der Waals surface area contributed by atoms with Crippen LogP contribution in [0.3, 0.4) is 0 Å². The standard InChI is InChI=1S/C30H39N5/c1-5-6-11-26-33-27-28(24-9-7-8-10-25(24)32-29(27)31)35(26)20-23-16-14-22(15-17-23)19-34(30(2,3)4)18-21-12-13-21/h7-10,14-17,21H,5-6,11-13,18-20H2,1-4H3,(H2,31,32). The minimum Gasteiger partial charge on any atom is -0.382 e. The molecule has 2 heterocycles. The van der Waals surface area contributed by atoms with Crippen molar-refractivity contribution in [3.8, 4) is 0 Å². The van der Waals surface area contributed by atoms with E-state index in [-0.39, 0.29) is 5.54 Å². The van der Waals surface area contributed by atoms with E-state index in [0.29, 0.717) is 5.82 Å². The number of para-hydroxylation sites is 1. The maximum atomic E-state index is 6.38. The highest BCUT2D eigenvalue weighted by molar-refractivity contribution is 6.06.